The van der Waals surface area contributed by atoms with Crippen LogP contribution in [-0.2, 0) is 20.0 Å². The highest BCUT2D eigenvalue weighted by Crippen LogP contribution is 2.25. The summed E-state index contributed by atoms with van der Waals surface area (Å²) in [6.07, 6.45) is 1.05. The number of anilines is 3. The van der Waals surface area contributed by atoms with E-state index in [-0.39, 0.29) is 22.7 Å². The van der Waals surface area contributed by atoms with E-state index in [0.29, 0.717) is 31.9 Å². The number of nitrogens with one attached hydrogen (secondary N) is 1. The quantitative estimate of drug-likeness (QED) is 0.409. The van der Waals surface area contributed by atoms with E-state index >= 15 is 0 Å². The summed E-state index contributed by atoms with van der Waals surface area (Å²) in [4.78, 5) is 15.2. The number of hydrogen-bond donors (Lipinski definition) is 2. The Morgan fingerprint density at radius 1 is 0.950 bits per heavy atom. The van der Waals surface area contributed by atoms with Crippen LogP contribution in [-0.4, -0.2) is 73.1 Å². The first-order chi connectivity index (χ1) is 19.0. The first kappa shape index (κ1) is 29.1. The van der Waals surface area contributed by atoms with Gasteiger partial charge in [-0.2, -0.15) is 4.31 Å². The smallest absolute Gasteiger partial charge is 0.257 e. The summed E-state index contributed by atoms with van der Waals surface area (Å²) >= 11 is 0. The SMILES string of the molecule is CN(c1ccccc1C(=O)Nc1ccc(S(=O)(=O)N2CCN(c3cccc(C#CCN)c3)CC2)cc1)S(C)(=O)=O. The van der Waals surface area contributed by atoms with E-state index in [1.165, 1.54) is 47.8 Å². The van der Waals surface area contributed by atoms with Crippen molar-refractivity contribution >= 4 is 43.0 Å². The van der Waals surface area contributed by atoms with Gasteiger partial charge in [0.05, 0.1) is 28.9 Å². The number of carbonyl (C=O) groups is 1. The van der Waals surface area contributed by atoms with Gasteiger partial charge >= 0.3 is 0 Å². The molecule has 3 aromatic rings. The van der Waals surface area contributed by atoms with Crippen molar-refractivity contribution < 1.29 is 21.6 Å². The monoisotopic (exact) mass is 581 g/mol. The second-order valence-corrected chi connectivity index (χ2v) is 13.1. The second-order valence-electron chi connectivity index (χ2n) is 9.17. The van der Waals surface area contributed by atoms with Crippen molar-refractivity contribution in [3.05, 3.63) is 83.9 Å². The van der Waals surface area contributed by atoms with E-state index in [4.69, 9.17) is 5.73 Å². The molecule has 3 N–H and O–H groups in total. The van der Waals surface area contributed by atoms with Gasteiger partial charge in [0.15, 0.2) is 0 Å². The van der Waals surface area contributed by atoms with Crippen LogP contribution in [0, 0.1) is 11.8 Å². The highest BCUT2D eigenvalue weighted by molar-refractivity contribution is 7.92. The third-order valence-electron chi connectivity index (χ3n) is 6.52. The highest BCUT2D eigenvalue weighted by Gasteiger charge is 2.29. The molecule has 0 spiro atoms. The summed E-state index contributed by atoms with van der Waals surface area (Å²) in [5.41, 5.74) is 8.07. The van der Waals surface area contributed by atoms with Crippen molar-refractivity contribution in [2.45, 2.75) is 4.90 Å². The number of para-hydroxylation sites is 1. The summed E-state index contributed by atoms with van der Waals surface area (Å²) in [5, 5.41) is 2.71. The zero-order valence-electron chi connectivity index (χ0n) is 22.2. The van der Waals surface area contributed by atoms with Gasteiger partial charge in [0.1, 0.15) is 0 Å². The minimum Gasteiger partial charge on any atom is -0.369 e. The van der Waals surface area contributed by atoms with Crippen LogP contribution in [0.2, 0.25) is 0 Å². The van der Waals surface area contributed by atoms with Crippen molar-refractivity contribution in [1.29, 1.82) is 0 Å². The van der Waals surface area contributed by atoms with Gasteiger partial charge in [0.25, 0.3) is 5.91 Å². The molecule has 0 saturated carbocycles. The lowest BCUT2D eigenvalue weighted by Gasteiger charge is -2.35. The van der Waals surface area contributed by atoms with Crippen LogP contribution in [0.1, 0.15) is 15.9 Å². The Balaban J connectivity index is 1.42. The lowest BCUT2D eigenvalue weighted by molar-refractivity contribution is 0.102. The van der Waals surface area contributed by atoms with Crippen molar-refractivity contribution in [3.63, 3.8) is 0 Å². The molecule has 10 nitrogen and oxygen atoms in total. The van der Waals surface area contributed by atoms with Gasteiger partial charge in [0.2, 0.25) is 20.0 Å². The Bertz CT molecular complexity index is 1650. The predicted molar refractivity (Wildman–Crippen MR) is 157 cm³/mol. The normalized spacial score (nSPS) is 14.2. The maximum atomic E-state index is 13.3. The molecule has 0 aliphatic carbocycles. The highest BCUT2D eigenvalue weighted by atomic mass is 32.2. The van der Waals surface area contributed by atoms with Crippen molar-refractivity contribution in [2.75, 3.05) is 60.5 Å². The number of nitrogens with zero attached hydrogens (tertiary/aromatic N) is 3. The minimum absolute atomic E-state index is 0.121. The number of nitrogens with two attached hydrogens (primary N) is 1. The van der Waals surface area contributed by atoms with E-state index in [2.05, 4.69) is 22.1 Å². The summed E-state index contributed by atoms with van der Waals surface area (Å²) in [5.74, 6) is 5.34. The van der Waals surface area contributed by atoms with Gasteiger partial charge in [-0.3, -0.25) is 9.10 Å². The Kier molecular flexibility index (Phi) is 8.80. The van der Waals surface area contributed by atoms with Gasteiger partial charge in [-0.05, 0) is 54.6 Å². The molecule has 12 heteroatoms. The Morgan fingerprint density at radius 2 is 1.62 bits per heavy atom. The molecular weight excluding hydrogens is 550 g/mol. The minimum atomic E-state index is -3.74. The standard InChI is InChI=1S/C28H31N5O5S2/c1-31(39(2,35)36)27-11-4-3-10-26(27)28(34)30-23-12-14-25(15-13-23)40(37,38)33-19-17-32(18-20-33)24-9-5-7-22(21-24)8-6-16-29/h3-5,7,9-15,21H,16-20,29H2,1-2H3,(H,30,34). The van der Waals surface area contributed by atoms with E-state index < -0.39 is 26.0 Å². The van der Waals surface area contributed by atoms with E-state index in [9.17, 15) is 21.6 Å². The zero-order chi connectivity index (χ0) is 28.9. The number of piperazine rings is 1. The van der Waals surface area contributed by atoms with Crippen LogP contribution in [0.15, 0.2) is 77.7 Å². The van der Waals surface area contributed by atoms with E-state index in [1.54, 1.807) is 12.1 Å². The molecule has 4 rings (SSSR count). The molecule has 1 aliphatic heterocycles. The summed E-state index contributed by atoms with van der Waals surface area (Å²) in [6, 6.07) is 20.0. The van der Waals surface area contributed by atoms with Gasteiger partial charge in [-0.1, -0.05) is 30.0 Å². The lowest BCUT2D eigenvalue weighted by Crippen LogP contribution is -2.48. The maximum Gasteiger partial charge on any atom is 0.257 e. The first-order valence-corrected chi connectivity index (χ1v) is 15.8. The second kappa shape index (κ2) is 12.1. The van der Waals surface area contributed by atoms with Crippen LogP contribution < -0.4 is 20.3 Å². The molecule has 1 heterocycles. The number of benzene rings is 3. The average Bonchev–Trinajstić information content (AvgIpc) is 2.95. The molecular formula is C28H31N5O5S2. The fraction of sp³-hybridized carbons (Fsp3) is 0.250. The van der Waals surface area contributed by atoms with Gasteiger partial charge in [0, 0.05) is 50.2 Å². The van der Waals surface area contributed by atoms with E-state index in [1.807, 2.05) is 24.3 Å². The largest absolute Gasteiger partial charge is 0.369 e. The van der Waals surface area contributed by atoms with Crippen molar-refractivity contribution in [1.82, 2.24) is 4.31 Å². The molecule has 210 valence electrons. The molecule has 1 saturated heterocycles. The van der Waals surface area contributed by atoms with Gasteiger partial charge in [-0.15, -0.1) is 0 Å². The molecule has 0 aromatic heterocycles. The van der Waals surface area contributed by atoms with Crippen LogP contribution in [0.3, 0.4) is 0 Å². The van der Waals surface area contributed by atoms with Crippen LogP contribution in [0.4, 0.5) is 17.1 Å². The summed E-state index contributed by atoms with van der Waals surface area (Å²) < 4.78 is 53.1. The van der Waals surface area contributed by atoms with Crippen LogP contribution >= 0.6 is 0 Å². The first-order valence-electron chi connectivity index (χ1n) is 12.5. The maximum absolute atomic E-state index is 13.3. The molecule has 0 unspecified atom stereocenters. The average molecular weight is 582 g/mol. The van der Waals surface area contributed by atoms with Crippen molar-refractivity contribution in [2.24, 2.45) is 5.73 Å². The molecule has 0 atom stereocenters. The fourth-order valence-corrected chi connectivity index (χ4v) is 6.24. The molecule has 1 fully saturated rings. The Labute approximate surface area is 235 Å². The number of hydrogen-bond acceptors (Lipinski definition) is 7. The molecule has 3 aromatic carbocycles. The third kappa shape index (κ3) is 6.63. The molecule has 40 heavy (non-hydrogen) atoms. The summed E-state index contributed by atoms with van der Waals surface area (Å²) in [6.45, 7) is 1.99. The number of sulfonamides is 2. The van der Waals surface area contributed by atoms with Crippen LogP contribution in [0.25, 0.3) is 0 Å². The molecule has 1 amide bonds. The molecule has 0 radical (unpaired) electrons. The molecule has 0 bridgehead atoms. The number of rotatable bonds is 7. The predicted octanol–water partition coefficient (Wildman–Crippen LogP) is 2.16. The van der Waals surface area contributed by atoms with Crippen molar-refractivity contribution in [3.8, 4) is 11.8 Å². The van der Waals surface area contributed by atoms with Gasteiger partial charge < -0.3 is 16.0 Å². The van der Waals surface area contributed by atoms with Crippen LogP contribution in [0.5, 0.6) is 0 Å². The molecule has 1 aliphatic rings. The number of amides is 1. The lowest BCUT2D eigenvalue weighted by atomic mass is 10.1. The van der Waals surface area contributed by atoms with E-state index in [0.717, 1.165) is 21.8 Å². The third-order valence-corrected chi connectivity index (χ3v) is 9.62. The summed E-state index contributed by atoms with van der Waals surface area (Å²) in [7, 11) is -5.94. The fourth-order valence-electron chi connectivity index (χ4n) is 4.30. The zero-order valence-corrected chi connectivity index (χ0v) is 23.9. The number of carbonyl (C=O) groups excluding carboxylic acids is 1. The topological polar surface area (TPSA) is 133 Å². The Hall–Kier alpha value is -3.89. The Morgan fingerprint density at radius 3 is 2.27 bits per heavy atom. The van der Waals surface area contributed by atoms with Gasteiger partial charge in [-0.25, -0.2) is 16.8 Å².